The van der Waals surface area contributed by atoms with E-state index < -0.39 is 24.3 Å². The largest absolute Gasteiger partial charge is 1.00 e. The monoisotopic (exact) mass is 1920 g/mol. The Labute approximate surface area is 827 Å². The fourth-order valence-corrected chi connectivity index (χ4v) is 14.6. The number of amides is 2. The summed E-state index contributed by atoms with van der Waals surface area (Å²) < 4.78 is 46.8. The van der Waals surface area contributed by atoms with E-state index in [1.807, 2.05) is 169 Å². The van der Waals surface area contributed by atoms with Gasteiger partial charge in [-0.3, -0.25) is 19.4 Å². The Kier molecular flexibility index (Phi) is 45.3. The molecular weight excluding hydrogens is 1800 g/mol. The Morgan fingerprint density at radius 1 is 0.397 bits per heavy atom. The van der Waals surface area contributed by atoms with Crippen molar-refractivity contribution in [3.8, 4) is 73.3 Å². The number of hydrogen-bond acceptors (Lipinski definition) is 35. The minimum absolute atomic E-state index is 0. The minimum atomic E-state index is -1.47. The number of nitrogens with zero attached hydrogens (tertiary/aromatic N) is 19. The number of piperazine rings is 5. The number of para-hydroxylation sites is 5. The molecule has 136 heavy (non-hydrogen) atoms. The third kappa shape index (κ3) is 35.2. The molecule has 0 atom stereocenters. The maximum absolute atomic E-state index is 12.2. The summed E-state index contributed by atoms with van der Waals surface area (Å²) in [6.07, 6.45) is 7.95. The number of rotatable bonds is 22. The van der Waals surface area contributed by atoms with Gasteiger partial charge in [-0.1, -0.05) is 103 Å². The van der Waals surface area contributed by atoms with Gasteiger partial charge in [0.25, 0.3) is 0 Å². The van der Waals surface area contributed by atoms with Crippen LogP contribution in [0.15, 0.2) is 183 Å². The number of aliphatic carboxylic acids is 1. The molecule has 2 amide bonds. The van der Waals surface area contributed by atoms with E-state index in [0.29, 0.717) is 115 Å². The van der Waals surface area contributed by atoms with Crippen molar-refractivity contribution in [2.75, 3.05) is 223 Å². The maximum atomic E-state index is 12.2. The van der Waals surface area contributed by atoms with Crippen LogP contribution in [0, 0.1) is 0 Å². The summed E-state index contributed by atoms with van der Waals surface area (Å²) in [6.45, 7) is 30.9. The maximum Gasteiger partial charge on any atom is 1.00 e. The van der Waals surface area contributed by atoms with E-state index in [-0.39, 0.29) is 66.1 Å². The van der Waals surface area contributed by atoms with E-state index in [1.54, 1.807) is 100 Å². The van der Waals surface area contributed by atoms with Gasteiger partial charge in [-0.25, -0.2) is 9.59 Å². The van der Waals surface area contributed by atoms with Crippen molar-refractivity contribution in [3.05, 3.63) is 188 Å². The standard InChI is InChI=1S/C20H26N4O3.C19H24N4O3.C17H20N4O3.C15H18N4O.C13H19ClN4O2.C7H9BO3.C4H7ClO2.Na/c1-20(2,3)27-19(25)24-11-9-23(10-12-24)18-13-15(14-21-22-18)16-7-5-6-8-17(16)26-4;1-3-26-19(24)14-22-8-10-23(11-9-22)18-12-15(13-20-21-18)16-6-4-5-7-17(16)25-2;1-24-15-5-3-2-4-14(15)13-10-16(19-18-11-13)21-8-6-20(7-9-21)12-17(22)23;1-20-14-5-3-2-4-13(14)12-10-15(18-17-11-12)19-8-6-16-7-9-19;1-13(2,3)20-12(19)18-6-4-17(5-7-18)11-8-10(14)9-15-16-11;1-11-7-5-3-2-4-6(7)8(9)10;1-2-7-4(6)3-5;/h5-8,13-14H,9-12H2,1-4H3;4-7,12-13H,3,8-11,14H2,1-2H3;2-5,10-11H,6-9,12H2,1H3,(H,22,23);2-5,10-11,16H,6-9H2,1H3;8-9H,4-7H2,1-3H3;2-5,9-10H,1H3;2-3H2,1H3;/q;;;;;;;+1/p-1. The van der Waals surface area contributed by atoms with Crippen LogP contribution in [0.3, 0.4) is 0 Å². The van der Waals surface area contributed by atoms with Crippen LogP contribution in [-0.4, -0.2) is 328 Å². The van der Waals surface area contributed by atoms with Gasteiger partial charge in [-0.2, -0.15) is 25.5 Å². The summed E-state index contributed by atoms with van der Waals surface area (Å²) in [6, 6.07) is 48.1. The van der Waals surface area contributed by atoms with Crippen LogP contribution in [0.2, 0.25) is 5.02 Å². The van der Waals surface area contributed by atoms with Crippen molar-refractivity contribution in [2.24, 2.45) is 0 Å². The molecule has 5 aromatic carbocycles. The molecule has 41 heteroatoms. The first-order valence-corrected chi connectivity index (χ1v) is 45.2. The van der Waals surface area contributed by atoms with E-state index in [0.717, 1.165) is 149 Å². The summed E-state index contributed by atoms with van der Waals surface area (Å²) in [5.41, 5.74) is 7.31. The normalized spacial score (nSPS) is 14.3. The van der Waals surface area contributed by atoms with Gasteiger partial charge in [0.15, 0.2) is 29.1 Å². The van der Waals surface area contributed by atoms with E-state index in [1.165, 1.54) is 13.3 Å². The zero-order chi connectivity index (χ0) is 97.2. The third-order valence-electron chi connectivity index (χ3n) is 21.0. The first-order chi connectivity index (χ1) is 65.0. The number of halogens is 2. The van der Waals surface area contributed by atoms with E-state index in [4.69, 9.17) is 71.1 Å². The van der Waals surface area contributed by atoms with Crippen molar-refractivity contribution < 1.29 is 111 Å². The van der Waals surface area contributed by atoms with Crippen LogP contribution < -0.4 is 93.6 Å². The smallest absolute Gasteiger partial charge is 0.549 e. The molecule has 5 aliphatic rings. The van der Waals surface area contributed by atoms with Crippen LogP contribution in [0.4, 0.5) is 38.7 Å². The summed E-state index contributed by atoms with van der Waals surface area (Å²) in [4.78, 5) is 74.7. The summed E-state index contributed by atoms with van der Waals surface area (Å²) >= 11 is 11.0. The number of carbonyl (C=O) groups is 5. The molecule has 0 radical (unpaired) electrons. The molecule has 0 unspecified atom stereocenters. The zero-order valence-electron chi connectivity index (χ0n) is 79.8. The van der Waals surface area contributed by atoms with Crippen molar-refractivity contribution in [1.82, 2.24) is 75.9 Å². The molecule has 0 aliphatic carbocycles. The molecule has 722 valence electrons. The van der Waals surface area contributed by atoms with Gasteiger partial charge in [0.2, 0.25) is 0 Å². The predicted molar refractivity (Wildman–Crippen MR) is 517 cm³/mol. The van der Waals surface area contributed by atoms with Gasteiger partial charge < -0.3 is 102 Å². The van der Waals surface area contributed by atoms with E-state index in [2.05, 4.69) is 96.5 Å². The number of carboxylic acids is 1. The van der Waals surface area contributed by atoms with Gasteiger partial charge in [-0.05, 0) is 110 Å². The van der Waals surface area contributed by atoms with Gasteiger partial charge in [0.1, 0.15) is 45.8 Å². The Hall–Kier alpha value is -12.1. The number of carbonyl (C=O) groups excluding carboxylic acids is 5. The third-order valence-corrected chi connectivity index (χ3v) is 21.5. The molecule has 0 saturated carbocycles. The number of methoxy groups -OCH3 is 5. The number of aromatic nitrogens is 10. The van der Waals surface area contributed by atoms with Crippen molar-refractivity contribution in [1.29, 1.82) is 0 Å². The first-order valence-electron chi connectivity index (χ1n) is 44.3. The molecule has 0 bridgehead atoms. The number of nitrogens with one attached hydrogen (secondary N) is 1. The zero-order valence-corrected chi connectivity index (χ0v) is 83.4. The quantitative estimate of drug-likeness (QED) is 0.0303. The van der Waals surface area contributed by atoms with Crippen LogP contribution in [0.25, 0.3) is 44.5 Å². The van der Waals surface area contributed by atoms with E-state index >= 15 is 0 Å². The number of esters is 2. The second-order valence-corrected chi connectivity index (χ2v) is 33.4. The average molecular weight is 1920 g/mol. The Bertz CT molecular complexity index is 5360. The van der Waals surface area contributed by atoms with Crippen molar-refractivity contribution in [3.63, 3.8) is 0 Å². The van der Waals surface area contributed by atoms with Gasteiger partial charge >= 0.3 is 60.8 Å². The van der Waals surface area contributed by atoms with Crippen LogP contribution >= 0.6 is 23.2 Å². The number of hydrogen-bond donors (Lipinski definition) is 3. The Morgan fingerprint density at radius 3 is 0.971 bits per heavy atom. The summed E-state index contributed by atoms with van der Waals surface area (Å²) in [5.74, 6) is 6.20. The van der Waals surface area contributed by atoms with Crippen molar-refractivity contribution in [2.45, 2.75) is 66.6 Å². The molecule has 5 aliphatic heterocycles. The molecule has 0 spiro atoms. The van der Waals surface area contributed by atoms with Crippen molar-refractivity contribution >= 4 is 95.0 Å². The SMILES string of the molecule is CC(C)(C)OC(=O)N1CCN(c2cc(Cl)cnn2)CC1.CCOC(=O)CCl.CCOC(=O)CN1CCN(c2cc(-c3ccccc3OC)cnn2)CC1.COc1ccccc1-c1cnnc(N2CCN(C(=O)OC(C)(C)C)CC2)c1.COc1ccccc1-c1cnnc(N2CCN(CC(=O)[O-])CC2)c1.COc1ccccc1-c1cnnc(N2CCNCC2)c1.COc1ccccc1B(O)O.[Na+]. The summed E-state index contributed by atoms with van der Waals surface area (Å²) in [5, 5.41) is 73.7. The first kappa shape index (κ1) is 109. The van der Waals surface area contributed by atoms with Crippen LogP contribution in [0.1, 0.15) is 55.4 Å². The second kappa shape index (κ2) is 56.4. The Morgan fingerprint density at radius 2 is 0.684 bits per heavy atom. The minimum Gasteiger partial charge on any atom is -0.549 e. The number of alkyl halides is 1. The molecule has 10 heterocycles. The number of carboxylic acid groups (broad SMARTS) is 1. The van der Waals surface area contributed by atoms with Crippen LogP contribution in [0.5, 0.6) is 28.7 Å². The fraction of sp³-hybridized carbons (Fsp3) is 0.421. The fourth-order valence-electron chi connectivity index (χ4n) is 14.4. The molecule has 3 N–H and O–H groups in total. The average Bonchev–Trinajstić information content (AvgIpc) is 0.817. The Balaban J connectivity index is 0.000000200. The van der Waals surface area contributed by atoms with Gasteiger partial charge in [-0.15, -0.1) is 37.1 Å². The molecule has 37 nitrogen and oxygen atoms in total. The molecule has 5 aromatic heterocycles. The summed E-state index contributed by atoms with van der Waals surface area (Å²) in [7, 11) is 6.67. The number of ether oxygens (including phenoxy) is 9. The van der Waals surface area contributed by atoms with Gasteiger partial charge in [0.05, 0.1) is 97.3 Å². The van der Waals surface area contributed by atoms with E-state index in [9.17, 15) is 29.1 Å². The molecular formula is C95H122BCl2N20NaO17. The number of anilines is 5. The predicted octanol–water partition coefficient (Wildman–Crippen LogP) is 5.99. The van der Waals surface area contributed by atoms with Crippen LogP contribution in [-0.2, 0) is 33.3 Å². The molecule has 5 fully saturated rings. The number of benzene rings is 5. The molecule has 5 saturated heterocycles. The molecule has 10 aromatic rings. The topological polar surface area (TPSA) is 402 Å². The van der Waals surface area contributed by atoms with Gasteiger partial charge in [0, 0.05) is 193 Å². The second-order valence-electron chi connectivity index (χ2n) is 32.6. The molecule has 15 rings (SSSR count).